The molecule has 4 heteroatoms. The highest BCUT2D eigenvalue weighted by Gasteiger charge is 2.18. The Morgan fingerprint density at radius 3 is 2.74 bits per heavy atom. The van der Waals surface area contributed by atoms with Crippen LogP contribution in [0.15, 0.2) is 18.3 Å². The quantitative estimate of drug-likeness (QED) is 0.887. The molecule has 1 aliphatic rings. The van der Waals surface area contributed by atoms with Crippen molar-refractivity contribution in [2.24, 2.45) is 5.92 Å². The molecule has 2 rings (SSSR count). The van der Waals surface area contributed by atoms with Gasteiger partial charge in [-0.05, 0) is 64.0 Å². The summed E-state index contributed by atoms with van der Waals surface area (Å²) in [5.41, 5.74) is 0.942. The topological polar surface area (TPSA) is 28.2 Å². The van der Waals surface area contributed by atoms with Crippen LogP contribution in [0.2, 0.25) is 0 Å². The molecule has 0 saturated carbocycles. The molecule has 3 nitrogen and oxygen atoms in total. The summed E-state index contributed by atoms with van der Waals surface area (Å²) in [7, 11) is 2.18. The maximum atomic E-state index is 12.9. The van der Waals surface area contributed by atoms with Crippen LogP contribution in [-0.2, 0) is 0 Å². The van der Waals surface area contributed by atoms with E-state index in [0.717, 1.165) is 24.6 Å². The molecule has 0 spiro atoms. The Morgan fingerprint density at radius 2 is 2.16 bits per heavy atom. The minimum atomic E-state index is -0.270. The lowest BCUT2D eigenvalue weighted by molar-refractivity contribution is 0.212. The van der Waals surface area contributed by atoms with E-state index in [9.17, 15) is 4.39 Å². The van der Waals surface area contributed by atoms with Crippen molar-refractivity contribution in [3.05, 3.63) is 29.8 Å². The summed E-state index contributed by atoms with van der Waals surface area (Å²) in [5.74, 6) is 0.486. The first kappa shape index (κ1) is 14.4. The highest BCUT2D eigenvalue weighted by Crippen LogP contribution is 2.18. The van der Waals surface area contributed by atoms with Crippen molar-refractivity contribution >= 4 is 0 Å². The van der Waals surface area contributed by atoms with Crippen LogP contribution in [0.25, 0.3) is 0 Å². The van der Waals surface area contributed by atoms with E-state index in [1.807, 2.05) is 0 Å². The van der Waals surface area contributed by atoms with Crippen LogP contribution in [0, 0.1) is 11.7 Å². The fraction of sp³-hybridized carbons (Fsp3) is 0.667. The first-order valence-electron chi connectivity index (χ1n) is 7.22. The van der Waals surface area contributed by atoms with Gasteiger partial charge in [0.05, 0.1) is 11.9 Å². The van der Waals surface area contributed by atoms with E-state index in [4.69, 9.17) is 0 Å². The van der Waals surface area contributed by atoms with Crippen LogP contribution >= 0.6 is 0 Å². The SMILES string of the molecule is CCC(NCC1CCN(C)CC1)c1ccc(F)cn1. The van der Waals surface area contributed by atoms with Gasteiger partial charge >= 0.3 is 0 Å². The van der Waals surface area contributed by atoms with E-state index in [2.05, 4.69) is 29.2 Å². The smallest absolute Gasteiger partial charge is 0.141 e. The van der Waals surface area contributed by atoms with Gasteiger partial charge in [-0.2, -0.15) is 0 Å². The second-order valence-electron chi connectivity index (χ2n) is 5.52. The molecule has 1 unspecified atom stereocenters. The minimum Gasteiger partial charge on any atom is -0.308 e. The van der Waals surface area contributed by atoms with Crippen LogP contribution in [0.3, 0.4) is 0 Å². The third-order valence-corrected chi connectivity index (χ3v) is 4.01. The van der Waals surface area contributed by atoms with Crippen LogP contribution < -0.4 is 5.32 Å². The lowest BCUT2D eigenvalue weighted by Crippen LogP contribution is -2.36. The van der Waals surface area contributed by atoms with Crippen molar-refractivity contribution < 1.29 is 4.39 Å². The maximum Gasteiger partial charge on any atom is 0.141 e. The van der Waals surface area contributed by atoms with Crippen LogP contribution in [0.1, 0.15) is 37.9 Å². The fourth-order valence-corrected chi connectivity index (χ4v) is 2.63. The molecule has 1 N–H and O–H groups in total. The number of nitrogens with one attached hydrogen (secondary N) is 1. The van der Waals surface area contributed by atoms with Gasteiger partial charge < -0.3 is 10.2 Å². The van der Waals surface area contributed by atoms with Gasteiger partial charge in [-0.3, -0.25) is 4.98 Å². The number of hydrogen-bond donors (Lipinski definition) is 1. The number of likely N-dealkylation sites (tertiary alicyclic amines) is 1. The van der Waals surface area contributed by atoms with E-state index in [1.165, 1.54) is 38.2 Å². The highest BCUT2D eigenvalue weighted by atomic mass is 19.1. The Morgan fingerprint density at radius 1 is 1.42 bits per heavy atom. The standard InChI is InChI=1S/C15H24FN3/c1-3-14(15-5-4-13(16)11-18-15)17-10-12-6-8-19(2)9-7-12/h4-5,11-12,14,17H,3,6-10H2,1-2H3. The predicted molar refractivity (Wildman–Crippen MR) is 75.5 cm³/mol. The van der Waals surface area contributed by atoms with Crippen molar-refractivity contribution in [2.75, 3.05) is 26.7 Å². The predicted octanol–water partition coefficient (Wildman–Crippen LogP) is 2.60. The Balaban J connectivity index is 1.84. The number of nitrogens with zero attached hydrogens (tertiary/aromatic N) is 2. The number of piperidine rings is 1. The minimum absolute atomic E-state index is 0.236. The van der Waals surface area contributed by atoms with Gasteiger partial charge in [0.1, 0.15) is 5.82 Å². The molecule has 0 amide bonds. The third-order valence-electron chi connectivity index (χ3n) is 4.01. The zero-order valence-electron chi connectivity index (χ0n) is 11.9. The summed E-state index contributed by atoms with van der Waals surface area (Å²) >= 11 is 0. The second-order valence-corrected chi connectivity index (χ2v) is 5.52. The van der Waals surface area contributed by atoms with Crippen LogP contribution in [0.5, 0.6) is 0 Å². The molecule has 0 aliphatic carbocycles. The lowest BCUT2D eigenvalue weighted by atomic mass is 9.96. The molecular formula is C15H24FN3. The second kappa shape index (κ2) is 6.96. The van der Waals surface area contributed by atoms with Crippen molar-refractivity contribution in [2.45, 2.75) is 32.2 Å². The Bertz CT molecular complexity index is 371. The monoisotopic (exact) mass is 265 g/mol. The zero-order valence-corrected chi connectivity index (χ0v) is 11.9. The molecule has 1 aromatic rings. The van der Waals surface area contributed by atoms with Crippen LogP contribution in [-0.4, -0.2) is 36.6 Å². The van der Waals surface area contributed by atoms with Gasteiger partial charge in [-0.15, -0.1) is 0 Å². The lowest BCUT2D eigenvalue weighted by Gasteiger charge is -2.30. The molecule has 1 aliphatic heterocycles. The largest absolute Gasteiger partial charge is 0.308 e. The van der Waals surface area contributed by atoms with Crippen molar-refractivity contribution in [1.29, 1.82) is 0 Å². The Labute approximate surface area is 115 Å². The van der Waals surface area contributed by atoms with Gasteiger partial charge in [0.15, 0.2) is 0 Å². The molecule has 0 radical (unpaired) electrons. The molecule has 1 fully saturated rings. The summed E-state index contributed by atoms with van der Waals surface area (Å²) in [6, 6.07) is 3.51. The number of aromatic nitrogens is 1. The molecule has 19 heavy (non-hydrogen) atoms. The van der Waals surface area contributed by atoms with Gasteiger partial charge in [0.2, 0.25) is 0 Å². The summed E-state index contributed by atoms with van der Waals surface area (Å²) in [5, 5.41) is 3.59. The number of hydrogen-bond acceptors (Lipinski definition) is 3. The number of rotatable bonds is 5. The van der Waals surface area contributed by atoms with E-state index in [-0.39, 0.29) is 11.9 Å². The molecule has 1 aromatic heterocycles. The van der Waals surface area contributed by atoms with Crippen LogP contribution in [0.4, 0.5) is 4.39 Å². The van der Waals surface area contributed by atoms with Gasteiger partial charge in [0, 0.05) is 6.04 Å². The summed E-state index contributed by atoms with van der Waals surface area (Å²) in [4.78, 5) is 6.56. The molecular weight excluding hydrogens is 241 g/mol. The normalized spacial score (nSPS) is 19.5. The van der Waals surface area contributed by atoms with E-state index >= 15 is 0 Å². The fourth-order valence-electron chi connectivity index (χ4n) is 2.63. The first-order chi connectivity index (χ1) is 9.19. The van der Waals surface area contributed by atoms with Gasteiger partial charge in [-0.1, -0.05) is 6.92 Å². The molecule has 0 aromatic carbocycles. The average molecular weight is 265 g/mol. The first-order valence-corrected chi connectivity index (χ1v) is 7.22. The van der Waals surface area contributed by atoms with Gasteiger partial charge in [-0.25, -0.2) is 4.39 Å². The maximum absolute atomic E-state index is 12.9. The number of pyridine rings is 1. The zero-order chi connectivity index (χ0) is 13.7. The molecule has 106 valence electrons. The summed E-state index contributed by atoms with van der Waals surface area (Å²) in [6.45, 7) is 5.55. The molecule has 1 saturated heterocycles. The Kier molecular flexibility index (Phi) is 5.28. The Hall–Kier alpha value is -1.00. The molecule has 2 heterocycles. The van der Waals surface area contributed by atoms with Crippen molar-refractivity contribution in [1.82, 2.24) is 15.2 Å². The van der Waals surface area contributed by atoms with Crippen molar-refractivity contribution in [3.63, 3.8) is 0 Å². The van der Waals surface area contributed by atoms with Gasteiger partial charge in [0.25, 0.3) is 0 Å². The molecule has 1 atom stereocenters. The average Bonchev–Trinajstić information content (AvgIpc) is 2.43. The van der Waals surface area contributed by atoms with Crippen molar-refractivity contribution in [3.8, 4) is 0 Å². The molecule has 0 bridgehead atoms. The van der Waals surface area contributed by atoms with E-state index < -0.39 is 0 Å². The van der Waals surface area contributed by atoms with E-state index in [1.54, 1.807) is 6.07 Å². The van der Waals surface area contributed by atoms with E-state index in [0.29, 0.717) is 0 Å². The summed E-state index contributed by atoms with van der Waals surface area (Å²) in [6.07, 6.45) is 4.80. The highest BCUT2D eigenvalue weighted by molar-refractivity contribution is 5.09. The summed E-state index contributed by atoms with van der Waals surface area (Å²) < 4.78 is 12.9. The number of halogens is 1. The third kappa shape index (κ3) is 4.25.